The first kappa shape index (κ1) is 12.8. The molecule has 0 saturated heterocycles. The lowest BCUT2D eigenvalue weighted by atomic mass is 9.95. The van der Waals surface area contributed by atoms with E-state index in [1.54, 1.807) is 6.92 Å². The molecule has 1 aliphatic rings. The van der Waals surface area contributed by atoms with Gasteiger partial charge in [-0.2, -0.15) is 0 Å². The molecule has 1 saturated carbocycles. The smallest absolute Gasteiger partial charge is 0.323 e. The van der Waals surface area contributed by atoms with Crippen molar-refractivity contribution in [1.29, 1.82) is 0 Å². The Hall–Kier alpha value is -1.26. The van der Waals surface area contributed by atoms with Crippen LogP contribution in [-0.2, 0) is 4.79 Å². The Morgan fingerprint density at radius 3 is 2.88 bits per heavy atom. The van der Waals surface area contributed by atoms with Crippen molar-refractivity contribution in [2.45, 2.75) is 38.1 Å². The number of aliphatic carboxylic acids is 1. The van der Waals surface area contributed by atoms with Gasteiger partial charge < -0.3 is 10.4 Å². The van der Waals surface area contributed by atoms with Crippen LogP contribution in [0.1, 0.15) is 32.6 Å². The fourth-order valence-corrected chi connectivity index (χ4v) is 1.69. The molecule has 2 N–H and O–H groups in total. The van der Waals surface area contributed by atoms with Crippen molar-refractivity contribution in [2.75, 3.05) is 13.1 Å². The third kappa shape index (κ3) is 4.08. The Morgan fingerprint density at radius 1 is 1.69 bits per heavy atom. The maximum Gasteiger partial charge on any atom is 0.323 e. The van der Waals surface area contributed by atoms with Crippen molar-refractivity contribution in [3.8, 4) is 0 Å². The van der Waals surface area contributed by atoms with Crippen LogP contribution in [0.4, 0.5) is 0 Å². The summed E-state index contributed by atoms with van der Waals surface area (Å²) in [7, 11) is 0. The molecule has 1 aliphatic carbocycles. The fraction of sp³-hybridized carbons (Fsp3) is 0.900. The van der Waals surface area contributed by atoms with Gasteiger partial charge in [-0.15, -0.1) is 0 Å². The molecule has 1 unspecified atom stereocenters. The van der Waals surface area contributed by atoms with Crippen molar-refractivity contribution in [1.82, 2.24) is 5.32 Å². The largest absolute Gasteiger partial charge is 0.480 e. The number of hydrogen-bond acceptors (Lipinski definition) is 3. The molecule has 16 heavy (non-hydrogen) atoms. The van der Waals surface area contributed by atoms with Gasteiger partial charge in [-0.3, -0.25) is 4.79 Å². The topological polar surface area (TPSA) is 98.1 Å². The van der Waals surface area contributed by atoms with Crippen LogP contribution in [0.3, 0.4) is 0 Å². The lowest BCUT2D eigenvalue weighted by Gasteiger charge is -2.26. The minimum atomic E-state index is -0.836. The molecule has 0 aromatic rings. The van der Waals surface area contributed by atoms with Gasteiger partial charge in [0.05, 0.1) is 0 Å². The van der Waals surface area contributed by atoms with Crippen LogP contribution in [0, 0.1) is 5.92 Å². The third-order valence-corrected chi connectivity index (χ3v) is 2.88. The lowest BCUT2D eigenvalue weighted by molar-refractivity contribution is -0.144. The molecular formula is C10H18N4O2. The van der Waals surface area contributed by atoms with Crippen molar-refractivity contribution in [3.05, 3.63) is 10.4 Å². The van der Waals surface area contributed by atoms with Crippen molar-refractivity contribution < 1.29 is 9.90 Å². The van der Waals surface area contributed by atoms with Crippen LogP contribution in [0.15, 0.2) is 5.11 Å². The van der Waals surface area contributed by atoms with E-state index in [2.05, 4.69) is 15.3 Å². The molecule has 1 fully saturated rings. The van der Waals surface area contributed by atoms with Gasteiger partial charge in [0.1, 0.15) is 5.54 Å². The summed E-state index contributed by atoms with van der Waals surface area (Å²) < 4.78 is 0. The first-order chi connectivity index (χ1) is 7.58. The number of carbonyl (C=O) groups is 1. The van der Waals surface area contributed by atoms with E-state index in [1.165, 1.54) is 0 Å². The second-order valence-electron chi connectivity index (χ2n) is 4.52. The summed E-state index contributed by atoms with van der Waals surface area (Å²) in [5, 5.41) is 15.6. The molecule has 1 atom stereocenters. The van der Waals surface area contributed by atoms with Crippen LogP contribution >= 0.6 is 0 Å². The number of nitrogens with one attached hydrogen (secondary N) is 1. The monoisotopic (exact) mass is 226 g/mol. The predicted molar refractivity (Wildman–Crippen MR) is 60.0 cm³/mol. The standard InChI is InChI=1S/C10H18N4O2/c1-10(9(15)16,7-8-3-4-8)12-5-2-6-13-14-11/h8,12H,2-7H2,1H3,(H,15,16). The Morgan fingerprint density at radius 2 is 2.38 bits per heavy atom. The summed E-state index contributed by atoms with van der Waals surface area (Å²) in [5.41, 5.74) is 7.25. The molecule has 0 bridgehead atoms. The minimum Gasteiger partial charge on any atom is -0.480 e. The Balaban J connectivity index is 2.31. The van der Waals surface area contributed by atoms with E-state index in [0.717, 1.165) is 12.8 Å². The number of rotatable bonds is 8. The molecule has 1 rings (SSSR count). The van der Waals surface area contributed by atoms with E-state index in [-0.39, 0.29) is 0 Å². The third-order valence-electron chi connectivity index (χ3n) is 2.88. The summed E-state index contributed by atoms with van der Waals surface area (Å²) >= 11 is 0. The van der Waals surface area contributed by atoms with E-state index < -0.39 is 11.5 Å². The molecule has 6 nitrogen and oxygen atoms in total. The zero-order chi connectivity index (χ0) is 12.0. The average Bonchev–Trinajstić information content (AvgIpc) is 3.01. The highest BCUT2D eigenvalue weighted by Gasteiger charge is 2.38. The summed E-state index contributed by atoms with van der Waals surface area (Å²) in [6.07, 6.45) is 3.63. The van der Waals surface area contributed by atoms with Gasteiger partial charge in [-0.05, 0) is 37.8 Å². The van der Waals surface area contributed by atoms with Gasteiger partial charge >= 0.3 is 5.97 Å². The quantitative estimate of drug-likeness (QED) is 0.286. The maximum absolute atomic E-state index is 11.2. The SMILES string of the molecule is CC(CC1CC1)(NCCCN=[N+]=[N-])C(=O)O. The summed E-state index contributed by atoms with van der Waals surface area (Å²) in [5.74, 6) is -0.242. The Labute approximate surface area is 94.7 Å². The molecular weight excluding hydrogens is 208 g/mol. The molecule has 90 valence electrons. The average molecular weight is 226 g/mol. The highest BCUT2D eigenvalue weighted by atomic mass is 16.4. The molecule has 0 aliphatic heterocycles. The van der Waals surface area contributed by atoms with Crippen molar-refractivity contribution in [3.63, 3.8) is 0 Å². The highest BCUT2D eigenvalue weighted by Crippen LogP contribution is 2.36. The first-order valence-corrected chi connectivity index (χ1v) is 5.58. The van der Waals surface area contributed by atoms with Gasteiger partial charge in [-0.1, -0.05) is 18.0 Å². The molecule has 0 heterocycles. The minimum absolute atomic E-state index is 0.405. The Kier molecular flexibility index (Phi) is 4.58. The number of azide groups is 1. The van der Waals surface area contributed by atoms with Gasteiger partial charge in [0.2, 0.25) is 0 Å². The van der Waals surface area contributed by atoms with Gasteiger partial charge in [0.15, 0.2) is 0 Å². The predicted octanol–water partition coefficient (Wildman–Crippen LogP) is 1.92. The normalized spacial score (nSPS) is 18.6. The van der Waals surface area contributed by atoms with E-state index in [0.29, 0.717) is 31.8 Å². The van der Waals surface area contributed by atoms with Crippen LogP contribution in [0.25, 0.3) is 10.4 Å². The number of carboxylic acid groups (broad SMARTS) is 1. The van der Waals surface area contributed by atoms with Crippen LogP contribution in [0.5, 0.6) is 0 Å². The van der Waals surface area contributed by atoms with E-state index in [9.17, 15) is 4.79 Å². The van der Waals surface area contributed by atoms with Crippen LogP contribution in [-0.4, -0.2) is 29.7 Å². The molecule has 0 radical (unpaired) electrons. The molecule has 0 aromatic carbocycles. The molecule has 6 heteroatoms. The maximum atomic E-state index is 11.2. The van der Waals surface area contributed by atoms with Crippen LogP contribution < -0.4 is 5.32 Å². The highest BCUT2D eigenvalue weighted by molar-refractivity contribution is 5.78. The van der Waals surface area contributed by atoms with Crippen molar-refractivity contribution >= 4 is 5.97 Å². The number of carboxylic acids is 1. The lowest BCUT2D eigenvalue weighted by Crippen LogP contribution is -2.50. The van der Waals surface area contributed by atoms with Crippen molar-refractivity contribution in [2.24, 2.45) is 11.0 Å². The summed E-state index contributed by atoms with van der Waals surface area (Å²) in [4.78, 5) is 13.8. The first-order valence-electron chi connectivity index (χ1n) is 5.58. The number of hydrogen-bond donors (Lipinski definition) is 2. The molecule has 0 amide bonds. The fourth-order valence-electron chi connectivity index (χ4n) is 1.69. The molecule has 0 aromatic heterocycles. The van der Waals surface area contributed by atoms with E-state index >= 15 is 0 Å². The summed E-state index contributed by atoms with van der Waals surface area (Å²) in [6.45, 7) is 2.69. The van der Waals surface area contributed by atoms with E-state index in [1.807, 2.05) is 0 Å². The van der Waals surface area contributed by atoms with E-state index in [4.69, 9.17) is 10.6 Å². The zero-order valence-electron chi connectivity index (χ0n) is 9.52. The Bertz CT molecular complexity index is 297. The number of nitrogens with zero attached hydrogens (tertiary/aromatic N) is 3. The van der Waals surface area contributed by atoms with Gasteiger partial charge in [-0.25, -0.2) is 0 Å². The van der Waals surface area contributed by atoms with Crippen LogP contribution in [0.2, 0.25) is 0 Å². The zero-order valence-corrected chi connectivity index (χ0v) is 9.52. The van der Waals surface area contributed by atoms with Gasteiger partial charge in [0, 0.05) is 11.5 Å². The summed E-state index contributed by atoms with van der Waals surface area (Å²) in [6, 6.07) is 0. The second-order valence-corrected chi connectivity index (χ2v) is 4.52. The van der Waals surface area contributed by atoms with Gasteiger partial charge in [0.25, 0.3) is 0 Å². The second kappa shape index (κ2) is 5.72. The molecule has 0 spiro atoms.